The van der Waals surface area contributed by atoms with E-state index >= 15 is 0 Å². The number of fused-ring (bicyclic) bond motifs is 1. The number of halogens is 1. The molecular weight excluding hydrogens is 501 g/mol. The van der Waals surface area contributed by atoms with Crippen LogP contribution in [0.1, 0.15) is 28.4 Å². The van der Waals surface area contributed by atoms with E-state index < -0.39 is 5.63 Å². The van der Waals surface area contributed by atoms with Crippen LogP contribution < -0.4 is 10.5 Å². The van der Waals surface area contributed by atoms with Crippen LogP contribution in [0.25, 0.3) is 11.0 Å². The van der Waals surface area contributed by atoms with Crippen LogP contribution in [-0.4, -0.2) is 12.5 Å². The molecule has 0 aliphatic heterocycles. The van der Waals surface area contributed by atoms with E-state index in [1.807, 2.05) is 61.5 Å². The van der Waals surface area contributed by atoms with Crippen LogP contribution in [0.5, 0.6) is 0 Å². The van der Waals surface area contributed by atoms with Crippen LogP contribution >= 0.6 is 22.6 Å². The maximum atomic E-state index is 13.4. The number of hydrogen-bond acceptors (Lipinski definition) is 3. The Hall–Kier alpha value is -3.37. The molecule has 152 valence electrons. The normalized spacial score (nSPS) is 10.4. The molecule has 4 aromatic rings. The Morgan fingerprint density at radius 3 is 2.42 bits per heavy atom. The summed E-state index contributed by atoms with van der Waals surface area (Å²) in [4.78, 5) is 26.8. The fraction of sp³-hybridized carbons (Fsp3) is 0.0769. The molecule has 1 heterocycles. The average molecular weight is 519 g/mol. The summed E-state index contributed by atoms with van der Waals surface area (Å²) in [6, 6.07) is 23.7. The van der Waals surface area contributed by atoms with E-state index in [0.29, 0.717) is 34.3 Å². The van der Waals surface area contributed by atoms with Crippen molar-refractivity contribution in [3.05, 3.63) is 110 Å². The average Bonchev–Trinajstić information content (AvgIpc) is 2.79. The maximum absolute atomic E-state index is 13.4. The predicted octanol–water partition coefficient (Wildman–Crippen LogP) is 5.46. The largest absolute Gasteiger partial charge is 0.423 e. The number of benzene rings is 3. The zero-order valence-corrected chi connectivity index (χ0v) is 18.9. The van der Waals surface area contributed by atoms with E-state index in [-0.39, 0.29) is 5.91 Å². The molecule has 0 aliphatic rings. The SMILES string of the molecule is CCN(C(=O)c1ccccc1I)c1ccc2oc(=O)ccc2c1C#Cc1ccccc1. The highest BCUT2D eigenvalue weighted by Gasteiger charge is 2.22. The van der Waals surface area contributed by atoms with Crippen LogP contribution in [0.15, 0.2) is 88.1 Å². The van der Waals surface area contributed by atoms with Gasteiger partial charge in [-0.25, -0.2) is 4.79 Å². The molecule has 31 heavy (non-hydrogen) atoms. The first-order valence-corrected chi connectivity index (χ1v) is 10.9. The van der Waals surface area contributed by atoms with Crippen molar-refractivity contribution in [1.82, 2.24) is 0 Å². The molecule has 0 spiro atoms. The van der Waals surface area contributed by atoms with Crippen LogP contribution in [0.3, 0.4) is 0 Å². The molecule has 0 bridgehead atoms. The standard InChI is InChI=1S/C26H18INO3/c1-2-28(26(30)21-10-6-7-11-22(21)27)23-15-16-24-20(14-17-25(29)31-24)19(23)13-12-18-8-4-3-5-9-18/h3-11,14-17H,2H2,1H3. The molecule has 0 radical (unpaired) electrons. The molecule has 1 aromatic heterocycles. The molecule has 3 aromatic carbocycles. The first-order valence-electron chi connectivity index (χ1n) is 9.79. The molecule has 0 unspecified atom stereocenters. The van der Waals surface area contributed by atoms with Gasteiger partial charge >= 0.3 is 5.63 Å². The van der Waals surface area contributed by atoms with Gasteiger partial charge < -0.3 is 9.32 Å². The Morgan fingerprint density at radius 1 is 0.935 bits per heavy atom. The summed E-state index contributed by atoms with van der Waals surface area (Å²) in [5.41, 5.74) is 2.82. The molecule has 1 amide bonds. The minimum Gasteiger partial charge on any atom is -0.423 e. The summed E-state index contributed by atoms with van der Waals surface area (Å²) in [6.45, 7) is 2.39. The van der Waals surface area contributed by atoms with Crippen molar-refractivity contribution in [2.45, 2.75) is 6.92 Å². The van der Waals surface area contributed by atoms with E-state index in [4.69, 9.17) is 4.42 Å². The fourth-order valence-corrected chi connectivity index (χ4v) is 3.97. The van der Waals surface area contributed by atoms with Crippen molar-refractivity contribution >= 4 is 45.2 Å². The lowest BCUT2D eigenvalue weighted by molar-refractivity contribution is 0.0987. The topological polar surface area (TPSA) is 50.5 Å². The summed E-state index contributed by atoms with van der Waals surface area (Å²) in [5.74, 6) is 6.28. The van der Waals surface area contributed by atoms with Crippen molar-refractivity contribution < 1.29 is 9.21 Å². The molecule has 0 atom stereocenters. The Morgan fingerprint density at radius 2 is 1.68 bits per heavy atom. The Labute approximate surface area is 193 Å². The van der Waals surface area contributed by atoms with E-state index in [9.17, 15) is 9.59 Å². The zero-order valence-electron chi connectivity index (χ0n) is 16.8. The first kappa shape index (κ1) is 20.9. The molecule has 5 heteroatoms. The molecule has 0 saturated carbocycles. The van der Waals surface area contributed by atoms with Gasteiger partial charge in [0.15, 0.2) is 0 Å². The van der Waals surface area contributed by atoms with Gasteiger partial charge in [0.2, 0.25) is 0 Å². The maximum Gasteiger partial charge on any atom is 0.336 e. The van der Waals surface area contributed by atoms with Crippen LogP contribution in [-0.2, 0) is 0 Å². The van der Waals surface area contributed by atoms with Crippen molar-refractivity contribution in [3.63, 3.8) is 0 Å². The molecule has 4 nitrogen and oxygen atoms in total. The third-order valence-corrected chi connectivity index (χ3v) is 5.78. The van der Waals surface area contributed by atoms with Crippen molar-refractivity contribution in [2.75, 3.05) is 11.4 Å². The van der Waals surface area contributed by atoms with Crippen LogP contribution in [0.4, 0.5) is 5.69 Å². The van der Waals surface area contributed by atoms with Gasteiger partial charge in [-0.15, -0.1) is 0 Å². The van der Waals surface area contributed by atoms with Gasteiger partial charge in [0.1, 0.15) is 5.58 Å². The number of nitrogens with zero attached hydrogens (tertiary/aromatic N) is 1. The van der Waals surface area contributed by atoms with Gasteiger partial charge in [0.05, 0.1) is 16.8 Å². The summed E-state index contributed by atoms with van der Waals surface area (Å²) in [5, 5.41) is 0.689. The number of amides is 1. The summed E-state index contributed by atoms with van der Waals surface area (Å²) < 4.78 is 6.24. The summed E-state index contributed by atoms with van der Waals surface area (Å²) >= 11 is 2.17. The van der Waals surface area contributed by atoms with Gasteiger partial charge in [-0.2, -0.15) is 0 Å². The Bertz CT molecular complexity index is 1380. The summed E-state index contributed by atoms with van der Waals surface area (Å²) in [7, 11) is 0. The third-order valence-electron chi connectivity index (χ3n) is 4.84. The van der Waals surface area contributed by atoms with Crippen LogP contribution in [0, 0.1) is 15.4 Å². The predicted molar refractivity (Wildman–Crippen MR) is 131 cm³/mol. The molecule has 4 rings (SSSR count). The van der Waals surface area contributed by atoms with E-state index in [1.54, 1.807) is 23.1 Å². The smallest absolute Gasteiger partial charge is 0.336 e. The van der Waals surface area contributed by atoms with Gasteiger partial charge in [0.25, 0.3) is 5.91 Å². The van der Waals surface area contributed by atoms with Crippen molar-refractivity contribution in [1.29, 1.82) is 0 Å². The lowest BCUT2D eigenvalue weighted by Crippen LogP contribution is -2.32. The molecule has 0 aliphatic carbocycles. The molecule has 0 N–H and O–H groups in total. The Kier molecular flexibility index (Phi) is 6.19. The molecule has 0 saturated heterocycles. The number of rotatable bonds is 3. The second-order valence-corrected chi connectivity index (χ2v) is 7.93. The van der Waals surface area contributed by atoms with Crippen molar-refractivity contribution in [3.8, 4) is 11.8 Å². The molecular formula is C26H18INO3. The highest BCUT2D eigenvalue weighted by atomic mass is 127. The number of anilines is 1. The van der Waals surface area contributed by atoms with E-state index in [0.717, 1.165) is 9.13 Å². The minimum absolute atomic E-state index is 0.105. The number of carbonyl (C=O) groups excluding carboxylic acids is 1. The second kappa shape index (κ2) is 9.19. The summed E-state index contributed by atoms with van der Waals surface area (Å²) in [6.07, 6.45) is 0. The van der Waals surface area contributed by atoms with Crippen LogP contribution in [0.2, 0.25) is 0 Å². The molecule has 0 fully saturated rings. The van der Waals surface area contributed by atoms with Gasteiger partial charge in [0, 0.05) is 27.1 Å². The fourth-order valence-electron chi connectivity index (χ4n) is 3.35. The number of hydrogen-bond donors (Lipinski definition) is 0. The van der Waals surface area contributed by atoms with Gasteiger partial charge in [-0.05, 0) is 72.0 Å². The highest BCUT2D eigenvalue weighted by Crippen LogP contribution is 2.29. The third kappa shape index (κ3) is 4.39. The highest BCUT2D eigenvalue weighted by molar-refractivity contribution is 14.1. The monoisotopic (exact) mass is 519 g/mol. The first-order chi connectivity index (χ1) is 15.1. The van der Waals surface area contributed by atoms with E-state index in [2.05, 4.69) is 34.4 Å². The van der Waals surface area contributed by atoms with Crippen molar-refractivity contribution in [2.24, 2.45) is 0 Å². The minimum atomic E-state index is -0.426. The lowest BCUT2D eigenvalue weighted by Gasteiger charge is -2.23. The Balaban J connectivity index is 1.91. The van der Waals surface area contributed by atoms with Gasteiger partial charge in [-0.1, -0.05) is 42.2 Å². The zero-order chi connectivity index (χ0) is 21.8. The number of carbonyl (C=O) groups is 1. The second-order valence-electron chi connectivity index (χ2n) is 6.77. The quantitative estimate of drug-likeness (QED) is 0.205. The lowest BCUT2D eigenvalue weighted by atomic mass is 10.0. The van der Waals surface area contributed by atoms with E-state index in [1.165, 1.54) is 6.07 Å². The van der Waals surface area contributed by atoms with Gasteiger partial charge in [-0.3, -0.25) is 4.79 Å².